The lowest BCUT2D eigenvalue weighted by Gasteiger charge is -2.30. The predicted molar refractivity (Wildman–Crippen MR) is 83.0 cm³/mol. The molecule has 1 aromatic rings. The zero-order valence-corrected chi connectivity index (χ0v) is 14.2. The standard InChI is InChI=1S/C12H16Cl3N3O3/c1-6-5-18(10(21)16-7(6)19)8(12(13,14)15)17-9(20)11(2,3)4/h5,8H,1-4H3,(H,17,20)(H,16,19,21)/t8-/m1/s1. The van der Waals surface area contributed by atoms with Crippen LogP contribution >= 0.6 is 34.8 Å². The third-order valence-electron chi connectivity index (χ3n) is 2.68. The molecule has 0 aliphatic rings. The van der Waals surface area contributed by atoms with E-state index < -0.39 is 32.5 Å². The predicted octanol–water partition coefficient (Wildman–Crippen LogP) is 1.88. The number of rotatable bonds is 2. The van der Waals surface area contributed by atoms with E-state index in [4.69, 9.17) is 34.8 Å². The number of amides is 1. The van der Waals surface area contributed by atoms with Crippen LogP contribution < -0.4 is 16.6 Å². The molecule has 0 aliphatic heterocycles. The van der Waals surface area contributed by atoms with Crippen LogP contribution in [0.3, 0.4) is 0 Å². The second-order valence-corrected chi connectivity index (χ2v) is 8.02. The summed E-state index contributed by atoms with van der Waals surface area (Å²) in [6.45, 7) is 6.53. The molecule has 0 fully saturated rings. The first-order valence-corrected chi connectivity index (χ1v) is 7.17. The van der Waals surface area contributed by atoms with Gasteiger partial charge in [0.2, 0.25) is 9.70 Å². The molecule has 0 unspecified atom stereocenters. The van der Waals surface area contributed by atoms with Crippen molar-refractivity contribution in [2.45, 2.75) is 37.7 Å². The highest BCUT2D eigenvalue weighted by Gasteiger charge is 2.38. The largest absolute Gasteiger partial charge is 0.331 e. The van der Waals surface area contributed by atoms with Crippen molar-refractivity contribution in [3.63, 3.8) is 0 Å². The van der Waals surface area contributed by atoms with Crippen LogP contribution in [0, 0.1) is 12.3 Å². The van der Waals surface area contributed by atoms with Gasteiger partial charge in [0.1, 0.15) is 0 Å². The van der Waals surface area contributed by atoms with Crippen molar-refractivity contribution in [2.24, 2.45) is 5.41 Å². The van der Waals surface area contributed by atoms with Gasteiger partial charge in [0, 0.05) is 17.2 Å². The first kappa shape index (κ1) is 18.1. The average molecular weight is 357 g/mol. The fraction of sp³-hybridized carbons (Fsp3) is 0.583. The number of aromatic nitrogens is 2. The van der Waals surface area contributed by atoms with Gasteiger partial charge in [0.15, 0.2) is 6.17 Å². The van der Waals surface area contributed by atoms with Crippen LogP contribution in [-0.2, 0) is 4.79 Å². The molecule has 118 valence electrons. The smallest absolute Gasteiger partial charge is 0.330 e. The van der Waals surface area contributed by atoms with Gasteiger partial charge in [-0.1, -0.05) is 55.6 Å². The molecule has 0 saturated heterocycles. The summed E-state index contributed by atoms with van der Waals surface area (Å²) in [6.07, 6.45) is -0.0197. The summed E-state index contributed by atoms with van der Waals surface area (Å²) < 4.78 is -0.997. The lowest BCUT2D eigenvalue weighted by atomic mass is 9.95. The van der Waals surface area contributed by atoms with E-state index in [0.29, 0.717) is 0 Å². The summed E-state index contributed by atoms with van der Waals surface area (Å²) in [4.78, 5) is 37.5. The molecule has 9 heteroatoms. The highest BCUT2D eigenvalue weighted by molar-refractivity contribution is 6.67. The van der Waals surface area contributed by atoms with Crippen LogP contribution in [0.1, 0.15) is 32.5 Å². The number of alkyl halides is 3. The number of hydrogen-bond donors (Lipinski definition) is 2. The van der Waals surface area contributed by atoms with Gasteiger partial charge in [-0.05, 0) is 6.92 Å². The molecule has 1 amide bonds. The van der Waals surface area contributed by atoms with E-state index in [2.05, 4.69) is 10.3 Å². The number of H-pyrrole nitrogens is 1. The number of carbonyl (C=O) groups is 1. The van der Waals surface area contributed by atoms with Gasteiger partial charge < -0.3 is 5.32 Å². The number of halogens is 3. The molecule has 0 aromatic carbocycles. The lowest BCUT2D eigenvalue weighted by molar-refractivity contribution is -0.129. The first-order valence-electron chi connectivity index (χ1n) is 6.04. The summed E-state index contributed by atoms with van der Waals surface area (Å²) in [5.74, 6) is -0.408. The van der Waals surface area contributed by atoms with E-state index >= 15 is 0 Å². The molecule has 0 spiro atoms. The molecule has 0 aliphatic carbocycles. The van der Waals surface area contributed by atoms with Gasteiger partial charge >= 0.3 is 5.69 Å². The van der Waals surface area contributed by atoms with Crippen molar-refractivity contribution in [2.75, 3.05) is 0 Å². The monoisotopic (exact) mass is 355 g/mol. The van der Waals surface area contributed by atoms with E-state index in [1.165, 1.54) is 13.1 Å². The molecule has 0 radical (unpaired) electrons. The summed E-state index contributed by atoms with van der Waals surface area (Å²) >= 11 is 17.6. The SMILES string of the molecule is Cc1cn([C@@H](NC(=O)C(C)(C)C)C(Cl)(Cl)Cl)c(=O)[nH]c1=O. The highest BCUT2D eigenvalue weighted by atomic mass is 35.6. The maximum atomic E-state index is 12.1. The minimum Gasteiger partial charge on any atom is -0.331 e. The number of nitrogens with one attached hydrogen (secondary N) is 2. The third-order valence-corrected chi connectivity index (χ3v) is 3.30. The number of nitrogens with zero attached hydrogens (tertiary/aromatic N) is 1. The second-order valence-electron chi connectivity index (χ2n) is 5.65. The molecule has 2 N–H and O–H groups in total. The van der Waals surface area contributed by atoms with E-state index in [1.54, 1.807) is 20.8 Å². The molecular weight excluding hydrogens is 341 g/mol. The van der Waals surface area contributed by atoms with Crippen LogP contribution in [0.2, 0.25) is 0 Å². The molecule has 1 rings (SSSR count). The number of hydrogen-bond acceptors (Lipinski definition) is 3. The maximum absolute atomic E-state index is 12.1. The first-order chi connectivity index (χ1) is 9.34. The number of aryl methyl sites for hydroxylation is 1. The zero-order valence-electron chi connectivity index (χ0n) is 12.0. The fourth-order valence-corrected chi connectivity index (χ4v) is 1.91. The van der Waals surface area contributed by atoms with Crippen molar-refractivity contribution < 1.29 is 4.79 Å². The van der Waals surface area contributed by atoms with Crippen molar-refractivity contribution in [3.8, 4) is 0 Å². The fourth-order valence-electron chi connectivity index (χ4n) is 1.43. The van der Waals surface area contributed by atoms with Gasteiger partial charge in [-0.25, -0.2) is 4.79 Å². The van der Waals surface area contributed by atoms with Gasteiger partial charge in [-0.15, -0.1) is 0 Å². The van der Waals surface area contributed by atoms with Gasteiger partial charge in [-0.2, -0.15) is 0 Å². The van der Waals surface area contributed by atoms with Crippen molar-refractivity contribution >= 4 is 40.7 Å². The van der Waals surface area contributed by atoms with Crippen molar-refractivity contribution in [3.05, 3.63) is 32.6 Å². The van der Waals surface area contributed by atoms with Crippen molar-refractivity contribution in [1.29, 1.82) is 0 Å². The topological polar surface area (TPSA) is 84.0 Å². The normalized spacial score (nSPS) is 13.9. The Hall–Kier alpha value is -0.980. The zero-order chi connectivity index (χ0) is 16.6. The molecule has 1 aromatic heterocycles. The summed E-state index contributed by atoms with van der Waals surface area (Å²) in [6, 6.07) is 0. The third kappa shape index (κ3) is 4.49. The van der Waals surface area contributed by atoms with E-state index in [9.17, 15) is 14.4 Å². The van der Waals surface area contributed by atoms with Crippen LogP contribution in [-0.4, -0.2) is 19.3 Å². The minimum absolute atomic E-state index is 0.249. The van der Waals surface area contributed by atoms with E-state index in [1.807, 2.05) is 0 Å². The Bertz CT molecular complexity index is 653. The number of carbonyl (C=O) groups excluding carboxylic acids is 1. The van der Waals surface area contributed by atoms with Crippen LogP contribution in [0.15, 0.2) is 15.8 Å². The Morgan fingerprint density at radius 2 is 1.81 bits per heavy atom. The molecule has 1 heterocycles. The average Bonchev–Trinajstić information content (AvgIpc) is 2.28. The van der Waals surface area contributed by atoms with E-state index in [0.717, 1.165) is 4.57 Å². The Morgan fingerprint density at radius 1 is 1.29 bits per heavy atom. The Kier molecular flexibility index (Phi) is 5.18. The quantitative estimate of drug-likeness (QED) is 0.794. The number of aromatic amines is 1. The summed E-state index contributed by atoms with van der Waals surface area (Å²) in [5, 5.41) is 2.51. The van der Waals surface area contributed by atoms with E-state index in [-0.39, 0.29) is 5.56 Å². The Balaban J connectivity index is 3.35. The van der Waals surface area contributed by atoms with Gasteiger partial charge in [0.25, 0.3) is 5.56 Å². The lowest BCUT2D eigenvalue weighted by Crippen LogP contribution is -2.49. The van der Waals surface area contributed by atoms with Crippen molar-refractivity contribution in [1.82, 2.24) is 14.9 Å². The minimum atomic E-state index is -1.98. The molecular formula is C12H16Cl3N3O3. The molecule has 0 bridgehead atoms. The molecule has 1 atom stereocenters. The Labute approximate surface area is 136 Å². The second kappa shape index (κ2) is 6.02. The molecule has 0 saturated carbocycles. The maximum Gasteiger partial charge on any atom is 0.330 e. The van der Waals surface area contributed by atoms with Gasteiger partial charge in [-0.3, -0.25) is 19.1 Å². The van der Waals surface area contributed by atoms with Crippen LogP contribution in [0.25, 0.3) is 0 Å². The molecule has 6 nitrogen and oxygen atoms in total. The highest BCUT2D eigenvalue weighted by Crippen LogP contribution is 2.36. The van der Waals surface area contributed by atoms with Gasteiger partial charge in [0.05, 0.1) is 0 Å². The summed E-state index contributed by atoms with van der Waals surface area (Å²) in [7, 11) is 0. The summed E-state index contributed by atoms with van der Waals surface area (Å²) in [5.41, 5.74) is -1.81. The van der Waals surface area contributed by atoms with Crippen LogP contribution in [0.4, 0.5) is 0 Å². The Morgan fingerprint density at radius 3 is 2.24 bits per heavy atom. The van der Waals surface area contributed by atoms with Crippen LogP contribution in [0.5, 0.6) is 0 Å². The molecule has 21 heavy (non-hydrogen) atoms.